The fourth-order valence-corrected chi connectivity index (χ4v) is 2.16. The van der Waals surface area contributed by atoms with Crippen LogP contribution < -0.4 is 10.6 Å². The van der Waals surface area contributed by atoms with Gasteiger partial charge in [-0.25, -0.2) is 0 Å². The summed E-state index contributed by atoms with van der Waals surface area (Å²) < 4.78 is 0. The number of fused-ring (bicyclic) bond motifs is 1. The molecule has 19 heavy (non-hydrogen) atoms. The molecule has 1 aliphatic rings. The Labute approximate surface area is 110 Å². The zero-order valence-electron chi connectivity index (χ0n) is 10.2. The molecule has 2 heterocycles. The van der Waals surface area contributed by atoms with Gasteiger partial charge in [0.2, 0.25) is 0 Å². The summed E-state index contributed by atoms with van der Waals surface area (Å²) >= 11 is 0. The van der Waals surface area contributed by atoms with Crippen LogP contribution in [-0.2, 0) is 6.42 Å². The second kappa shape index (κ2) is 4.61. The van der Waals surface area contributed by atoms with Gasteiger partial charge in [0.05, 0.1) is 11.8 Å². The van der Waals surface area contributed by atoms with E-state index in [1.807, 2.05) is 18.2 Å². The summed E-state index contributed by atoms with van der Waals surface area (Å²) in [6.07, 6.45) is 3.68. The van der Waals surface area contributed by atoms with E-state index in [-0.39, 0.29) is 17.2 Å². The number of aromatic hydroxyl groups is 1. The Kier molecular flexibility index (Phi) is 2.79. The number of hydrogen-bond acceptors (Lipinski definition) is 4. The molecule has 0 atom stereocenters. The molecule has 96 valence electrons. The largest absolute Gasteiger partial charge is 0.505 e. The molecule has 0 spiro atoms. The highest BCUT2D eigenvalue weighted by molar-refractivity contribution is 6.06. The summed E-state index contributed by atoms with van der Waals surface area (Å²) in [5.41, 5.74) is 3.25. The first-order valence-electron chi connectivity index (χ1n) is 6.05. The van der Waals surface area contributed by atoms with E-state index in [1.54, 1.807) is 0 Å². The second-order valence-corrected chi connectivity index (χ2v) is 4.40. The first-order chi connectivity index (χ1) is 9.24. The molecule has 1 aromatic heterocycles. The van der Waals surface area contributed by atoms with E-state index < -0.39 is 0 Å². The average molecular weight is 255 g/mol. The summed E-state index contributed by atoms with van der Waals surface area (Å²) in [4.78, 5) is 15.8. The lowest BCUT2D eigenvalue weighted by Gasteiger charge is -2.08. The van der Waals surface area contributed by atoms with Crippen molar-refractivity contribution in [1.29, 1.82) is 0 Å². The summed E-state index contributed by atoms with van der Waals surface area (Å²) in [5.74, 6) is -0.464. The van der Waals surface area contributed by atoms with Crippen LogP contribution in [0.2, 0.25) is 0 Å². The summed E-state index contributed by atoms with van der Waals surface area (Å²) in [7, 11) is 0. The molecule has 1 aromatic carbocycles. The summed E-state index contributed by atoms with van der Waals surface area (Å²) in [6, 6.07) is 7.22. The van der Waals surface area contributed by atoms with Crippen LogP contribution in [0.1, 0.15) is 15.9 Å². The number of carbonyl (C=O) groups excluding carboxylic acids is 1. The SMILES string of the molecule is O=C(Nc1ccc2c(c1)CCN2)c1ccncc1O. The van der Waals surface area contributed by atoms with Crippen LogP contribution in [0.3, 0.4) is 0 Å². The summed E-state index contributed by atoms with van der Waals surface area (Å²) in [5, 5.41) is 15.6. The maximum absolute atomic E-state index is 12.0. The third kappa shape index (κ3) is 2.22. The van der Waals surface area contributed by atoms with Gasteiger partial charge in [0.1, 0.15) is 5.75 Å². The Morgan fingerprint density at radius 2 is 2.26 bits per heavy atom. The minimum absolute atomic E-state index is 0.122. The van der Waals surface area contributed by atoms with Crippen molar-refractivity contribution in [3.05, 3.63) is 47.8 Å². The van der Waals surface area contributed by atoms with E-state index in [0.29, 0.717) is 0 Å². The van der Waals surface area contributed by atoms with Gasteiger partial charge in [0.25, 0.3) is 5.91 Å². The number of benzene rings is 1. The Morgan fingerprint density at radius 3 is 3.11 bits per heavy atom. The first kappa shape index (κ1) is 11.5. The zero-order valence-corrected chi connectivity index (χ0v) is 10.2. The normalized spacial score (nSPS) is 12.6. The molecule has 0 aliphatic carbocycles. The molecule has 5 heteroatoms. The number of amides is 1. The Balaban J connectivity index is 1.82. The molecule has 0 saturated heterocycles. The molecular weight excluding hydrogens is 242 g/mol. The molecule has 3 N–H and O–H groups in total. The van der Waals surface area contributed by atoms with E-state index >= 15 is 0 Å². The smallest absolute Gasteiger partial charge is 0.259 e. The van der Waals surface area contributed by atoms with Gasteiger partial charge in [-0.2, -0.15) is 0 Å². The molecule has 1 aliphatic heterocycles. The molecule has 2 aromatic rings. The number of pyridine rings is 1. The van der Waals surface area contributed by atoms with E-state index in [4.69, 9.17) is 0 Å². The molecule has 0 bridgehead atoms. The van der Waals surface area contributed by atoms with Gasteiger partial charge in [-0.15, -0.1) is 0 Å². The Hall–Kier alpha value is -2.56. The molecule has 5 nitrogen and oxygen atoms in total. The number of hydrogen-bond donors (Lipinski definition) is 3. The predicted octanol–water partition coefficient (Wildman–Crippen LogP) is 2.01. The van der Waals surface area contributed by atoms with Crippen molar-refractivity contribution >= 4 is 17.3 Å². The zero-order chi connectivity index (χ0) is 13.2. The van der Waals surface area contributed by atoms with E-state index in [0.717, 1.165) is 24.3 Å². The van der Waals surface area contributed by atoms with Crippen molar-refractivity contribution in [3.63, 3.8) is 0 Å². The topological polar surface area (TPSA) is 74.2 Å². The van der Waals surface area contributed by atoms with Crippen LogP contribution in [0.15, 0.2) is 36.7 Å². The first-order valence-corrected chi connectivity index (χ1v) is 6.05. The number of nitrogens with zero attached hydrogens (tertiary/aromatic N) is 1. The van der Waals surface area contributed by atoms with Crippen molar-refractivity contribution in [2.24, 2.45) is 0 Å². The maximum Gasteiger partial charge on any atom is 0.259 e. The highest BCUT2D eigenvalue weighted by Gasteiger charge is 2.13. The predicted molar refractivity (Wildman–Crippen MR) is 72.5 cm³/mol. The van der Waals surface area contributed by atoms with Crippen LogP contribution in [0, 0.1) is 0 Å². The maximum atomic E-state index is 12.0. The third-order valence-corrected chi connectivity index (χ3v) is 3.12. The third-order valence-electron chi connectivity index (χ3n) is 3.12. The van der Waals surface area contributed by atoms with Gasteiger partial charge in [0.15, 0.2) is 0 Å². The van der Waals surface area contributed by atoms with E-state index in [1.165, 1.54) is 24.0 Å². The molecule has 0 fully saturated rings. The highest BCUT2D eigenvalue weighted by atomic mass is 16.3. The minimum Gasteiger partial charge on any atom is -0.505 e. The van der Waals surface area contributed by atoms with Crippen molar-refractivity contribution < 1.29 is 9.90 Å². The van der Waals surface area contributed by atoms with Crippen LogP contribution in [-0.4, -0.2) is 22.5 Å². The quantitative estimate of drug-likeness (QED) is 0.767. The molecule has 0 saturated carbocycles. The molecule has 0 unspecified atom stereocenters. The number of nitrogens with one attached hydrogen (secondary N) is 2. The summed E-state index contributed by atoms with van der Waals surface area (Å²) in [6.45, 7) is 0.928. The van der Waals surface area contributed by atoms with E-state index in [9.17, 15) is 9.90 Å². The number of anilines is 2. The second-order valence-electron chi connectivity index (χ2n) is 4.40. The van der Waals surface area contributed by atoms with Crippen molar-refractivity contribution in [3.8, 4) is 5.75 Å². The van der Waals surface area contributed by atoms with Crippen LogP contribution in [0.5, 0.6) is 5.75 Å². The minimum atomic E-state index is -0.342. The average Bonchev–Trinajstić information content (AvgIpc) is 2.86. The van der Waals surface area contributed by atoms with Crippen LogP contribution in [0.4, 0.5) is 11.4 Å². The fourth-order valence-electron chi connectivity index (χ4n) is 2.16. The monoisotopic (exact) mass is 255 g/mol. The highest BCUT2D eigenvalue weighted by Crippen LogP contribution is 2.26. The Bertz CT molecular complexity index is 640. The molecular formula is C14H13N3O2. The van der Waals surface area contributed by atoms with Crippen molar-refractivity contribution in [1.82, 2.24) is 4.98 Å². The molecule has 1 amide bonds. The standard InChI is InChI=1S/C14H13N3O2/c18-13-8-15-5-4-11(13)14(19)17-10-1-2-12-9(7-10)3-6-16-12/h1-2,4-5,7-8,16,18H,3,6H2,(H,17,19). The van der Waals surface area contributed by atoms with Crippen LogP contribution >= 0.6 is 0 Å². The van der Waals surface area contributed by atoms with E-state index in [2.05, 4.69) is 15.6 Å². The van der Waals surface area contributed by atoms with Crippen LogP contribution in [0.25, 0.3) is 0 Å². The van der Waals surface area contributed by atoms with Gasteiger partial charge in [-0.3, -0.25) is 9.78 Å². The number of rotatable bonds is 2. The van der Waals surface area contributed by atoms with Gasteiger partial charge in [-0.1, -0.05) is 0 Å². The van der Waals surface area contributed by atoms with Gasteiger partial charge >= 0.3 is 0 Å². The van der Waals surface area contributed by atoms with Gasteiger partial charge in [0, 0.05) is 24.1 Å². The number of aromatic nitrogens is 1. The molecule has 0 radical (unpaired) electrons. The fraction of sp³-hybridized carbons (Fsp3) is 0.143. The van der Waals surface area contributed by atoms with Crippen molar-refractivity contribution in [2.45, 2.75) is 6.42 Å². The number of carbonyl (C=O) groups is 1. The lowest BCUT2D eigenvalue weighted by molar-refractivity contribution is 0.102. The molecule has 3 rings (SSSR count). The Morgan fingerprint density at radius 1 is 1.37 bits per heavy atom. The van der Waals surface area contributed by atoms with Gasteiger partial charge in [-0.05, 0) is 36.2 Å². The van der Waals surface area contributed by atoms with Gasteiger partial charge < -0.3 is 15.7 Å². The van der Waals surface area contributed by atoms with Crippen molar-refractivity contribution in [2.75, 3.05) is 17.2 Å². The lowest BCUT2D eigenvalue weighted by atomic mass is 10.1. The lowest BCUT2D eigenvalue weighted by Crippen LogP contribution is -2.12.